The molecule has 0 aliphatic carbocycles. The second kappa shape index (κ2) is 7.96. The van der Waals surface area contributed by atoms with Crippen molar-refractivity contribution < 1.29 is 0 Å². The first kappa shape index (κ1) is 15.7. The minimum atomic E-state index is 0.905. The van der Waals surface area contributed by atoms with Gasteiger partial charge in [-0.1, -0.05) is 30.3 Å². The van der Waals surface area contributed by atoms with Crippen molar-refractivity contribution in [3.8, 4) is 0 Å². The van der Waals surface area contributed by atoms with E-state index in [4.69, 9.17) is 0 Å². The van der Waals surface area contributed by atoms with Gasteiger partial charge in [-0.3, -0.25) is 4.68 Å². The van der Waals surface area contributed by atoms with Crippen molar-refractivity contribution in [3.63, 3.8) is 0 Å². The highest BCUT2D eigenvalue weighted by atomic mass is 15.2. The van der Waals surface area contributed by atoms with Crippen LogP contribution in [0, 0.1) is 6.92 Å². The summed E-state index contributed by atoms with van der Waals surface area (Å²) in [6.07, 6.45) is 3.24. The smallest absolute Gasteiger partial charge is 0.0638 e. The van der Waals surface area contributed by atoms with Gasteiger partial charge in [0.2, 0.25) is 0 Å². The van der Waals surface area contributed by atoms with Crippen LogP contribution in [0.1, 0.15) is 23.2 Å². The number of rotatable bonds is 8. The first-order valence-electron chi connectivity index (χ1n) is 7.57. The highest BCUT2D eigenvalue weighted by molar-refractivity contribution is 5.15. The van der Waals surface area contributed by atoms with Gasteiger partial charge < -0.3 is 10.2 Å². The Morgan fingerprint density at radius 2 is 2.00 bits per heavy atom. The lowest BCUT2D eigenvalue weighted by molar-refractivity contribution is 0.319. The molecule has 1 aromatic carbocycles. The number of hydrogen-bond acceptors (Lipinski definition) is 3. The van der Waals surface area contributed by atoms with Gasteiger partial charge in [0.1, 0.15) is 0 Å². The molecule has 0 saturated heterocycles. The van der Waals surface area contributed by atoms with Crippen LogP contribution in [0.15, 0.2) is 36.5 Å². The molecule has 1 N–H and O–H groups in total. The normalized spacial score (nSPS) is 11.2. The lowest BCUT2D eigenvalue weighted by atomic mass is 10.2. The molecule has 0 aliphatic rings. The summed E-state index contributed by atoms with van der Waals surface area (Å²) < 4.78 is 1.87. The maximum Gasteiger partial charge on any atom is 0.0638 e. The van der Waals surface area contributed by atoms with Crippen molar-refractivity contribution in [2.45, 2.75) is 26.4 Å². The first-order chi connectivity index (χ1) is 10.1. The van der Waals surface area contributed by atoms with Gasteiger partial charge in [-0.05, 0) is 39.0 Å². The average molecular weight is 286 g/mol. The Balaban J connectivity index is 1.60. The van der Waals surface area contributed by atoms with Crippen molar-refractivity contribution in [1.82, 2.24) is 20.0 Å². The Labute approximate surface area is 127 Å². The van der Waals surface area contributed by atoms with E-state index in [0.717, 1.165) is 38.3 Å². The molecule has 1 aromatic heterocycles. The monoisotopic (exact) mass is 286 g/mol. The molecule has 0 bridgehead atoms. The molecule has 0 amide bonds. The predicted molar refractivity (Wildman–Crippen MR) is 87.0 cm³/mol. The van der Waals surface area contributed by atoms with E-state index in [0.29, 0.717) is 0 Å². The molecule has 0 unspecified atom stereocenters. The Hall–Kier alpha value is -1.65. The third-order valence-corrected chi connectivity index (χ3v) is 3.62. The third-order valence-electron chi connectivity index (χ3n) is 3.62. The summed E-state index contributed by atoms with van der Waals surface area (Å²) in [4.78, 5) is 2.37. The number of aryl methyl sites for hydroxylation is 2. The number of benzene rings is 1. The van der Waals surface area contributed by atoms with Gasteiger partial charge in [0.15, 0.2) is 0 Å². The quantitative estimate of drug-likeness (QED) is 0.756. The zero-order valence-electron chi connectivity index (χ0n) is 13.3. The van der Waals surface area contributed by atoms with Crippen LogP contribution in [0.3, 0.4) is 0 Å². The summed E-state index contributed by atoms with van der Waals surface area (Å²) in [5.74, 6) is 0. The van der Waals surface area contributed by atoms with Gasteiger partial charge in [-0.2, -0.15) is 5.10 Å². The third kappa shape index (κ3) is 5.33. The van der Waals surface area contributed by atoms with Crippen LogP contribution in [0.5, 0.6) is 0 Å². The van der Waals surface area contributed by atoms with Crippen LogP contribution in [0.2, 0.25) is 0 Å². The van der Waals surface area contributed by atoms with E-state index in [9.17, 15) is 0 Å². The molecule has 114 valence electrons. The molecule has 2 rings (SSSR count). The largest absolute Gasteiger partial charge is 0.312 e. The van der Waals surface area contributed by atoms with Gasteiger partial charge in [0, 0.05) is 31.9 Å². The molecule has 0 aliphatic heterocycles. The fourth-order valence-corrected chi connectivity index (χ4v) is 2.49. The molecule has 21 heavy (non-hydrogen) atoms. The van der Waals surface area contributed by atoms with Gasteiger partial charge in [0.05, 0.1) is 5.69 Å². The van der Waals surface area contributed by atoms with E-state index < -0.39 is 0 Å². The second-order valence-electron chi connectivity index (χ2n) is 5.67. The van der Waals surface area contributed by atoms with Crippen molar-refractivity contribution in [2.24, 2.45) is 7.05 Å². The van der Waals surface area contributed by atoms with Crippen LogP contribution in [0.4, 0.5) is 0 Å². The van der Waals surface area contributed by atoms with E-state index in [1.165, 1.54) is 11.1 Å². The van der Waals surface area contributed by atoms with Crippen molar-refractivity contribution >= 4 is 0 Å². The lowest BCUT2D eigenvalue weighted by Gasteiger charge is -2.16. The van der Waals surface area contributed by atoms with E-state index in [2.05, 4.69) is 65.8 Å². The summed E-state index contributed by atoms with van der Waals surface area (Å²) in [6, 6.07) is 10.6. The summed E-state index contributed by atoms with van der Waals surface area (Å²) in [5, 5.41) is 7.85. The van der Waals surface area contributed by atoms with E-state index >= 15 is 0 Å². The maximum atomic E-state index is 4.35. The number of nitrogens with zero attached hydrogens (tertiary/aromatic N) is 3. The topological polar surface area (TPSA) is 33.1 Å². The fourth-order valence-electron chi connectivity index (χ4n) is 2.49. The Morgan fingerprint density at radius 3 is 2.67 bits per heavy atom. The SMILES string of the molecule is Cc1nn(C)cc1CNCCCN(C)Cc1ccccc1. The molecular weight excluding hydrogens is 260 g/mol. The van der Waals surface area contributed by atoms with Crippen molar-refractivity contribution in [1.29, 1.82) is 0 Å². The molecule has 0 saturated carbocycles. The fraction of sp³-hybridized carbons (Fsp3) is 0.471. The van der Waals surface area contributed by atoms with Crippen molar-refractivity contribution in [2.75, 3.05) is 20.1 Å². The second-order valence-corrected chi connectivity index (χ2v) is 5.67. The molecule has 1 heterocycles. The van der Waals surface area contributed by atoms with Crippen LogP contribution in [-0.4, -0.2) is 34.8 Å². The van der Waals surface area contributed by atoms with Crippen LogP contribution < -0.4 is 5.32 Å². The summed E-state index contributed by atoms with van der Waals surface area (Å²) >= 11 is 0. The average Bonchev–Trinajstić information content (AvgIpc) is 2.78. The van der Waals surface area contributed by atoms with E-state index in [-0.39, 0.29) is 0 Å². The van der Waals surface area contributed by atoms with E-state index in [1.54, 1.807) is 0 Å². The van der Waals surface area contributed by atoms with Crippen molar-refractivity contribution in [3.05, 3.63) is 53.3 Å². The zero-order chi connectivity index (χ0) is 15.1. The molecule has 0 spiro atoms. The highest BCUT2D eigenvalue weighted by Crippen LogP contribution is 2.04. The molecule has 4 heteroatoms. The van der Waals surface area contributed by atoms with Crippen LogP contribution >= 0.6 is 0 Å². The first-order valence-corrected chi connectivity index (χ1v) is 7.57. The number of nitrogens with one attached hydrogen (secondary N) is 1. The zero-order valence-corrected chi connectivity index (χ0v) is 13.3. The Kier molecular flexibility index (Phi) is 5.96. The van der Waals surface area contributed by atoms with E-state index in [1.807, 2.05) is 11.7 Å². The maximum absolute atomic E-state index is 4.35. The number of hydrogen-bond donors (Lipinski definition) is 1. The summed E-state index contributed by atoms with van der Waals surface area (Å²) in [5.41, 5.74) is 3.78. The minimum absolute atomic E-state index is 0.905. The van der Waals surface area contributed by atoms with Crippen LogP contribution in [0.25, 0.3) is 0 Å². The Morgan fingerprint density at radius 1 is 1.24 bits per heavy atom. The Bertz CT molecular complexity index is 533. The molecular formula is C17H26N4. The summed E-state index contributed by atoms with van der Waals surface area (Å²) in [7, 11) is 4.15. The standard InChI is InChI=1S/C17H26N4/c1-15-17(14-21(3)19-15)12-18-10-7-11-20(2)13-16-8-5-4-6-9-16/h4-6,8-9,14,18H,7,10-13H2,1-3H3. The molecule has 2 aromatic rings. The predicted octanol–water partition coefficient (Wildman–Crippen LogP) is 2.34. The molecule has 0 fully saturated rings. The molecule has 0 atom stereocenters. The minimum Gasteiger partial charge on any atom is -0.312 e. The van der Waals surface area contributed by atoms with Crippen LogP contribution in [-0.2, 0) is 20.1 Å². The lowest BCUT2D eigenvalue weighted by Crippen LogP contribution is -2.23. The molecule has 0 radical (unpaired) electrons. The van der Waals surface area contributed by atoms with Gasteiger partial charge >= 0.3 is 0 Å². The number of aromatic nitrogens is 2. The van der Waals surface area contributed by atoms with Gasteiger partial charge in [-0.25, -0.2) is 0 Å². The summed E-state index contributed by atoms with van der Waals surface area (Å²) in [6.45, 7) is 6.12. The van der Waals surface area contributed by atoms with Gasteiger partial charge in [0.25, 0.3) is 0 Å². The molecule has 4 nitrogen and oxygen atoms in total. The van der Waals surface area contributed by atoms with Gasteiger partial charge in [-0.15, -0.1) is 0 Å². The highest BCUT2D eigenvalue weighted by Gasteiger charge is 2.03.